The summed E-state index contributed by atoms with van der Waals surface area (Å²) in [6.45, 7) is 5.06. The van der Waals surface area contributed by atoms with Gasteiger partial charge in [-0.3, -0.25) is 4.79 Å². The monoisotopic (exact) mass is 320 g/mol. The highest BCUT2D eigenvalue weighted by Gasteiger charge is 2.60. The van der Waals surface area contributed by atoms with Crippen molar-refractivity contribution in [2.24, 2.45) is 16.7 Å². The van der Waals surface area contributed by atoms with Crippen LogP contribution in [0.3, 0.4) is 0 Å². The molecule has 3 atom stereocenters. The Balaban J connectivity index is 1.38. The number of ether oxygens (including phenoxy) is 1. The van der Waals surface area contributed by atoms with Crippen molar-refractivity contribution in [1.29, 1.82) is 0 Å². The normalized spacial score (nSPS) is 37.3. The summed E-state index contributed by atoms with van der Waals surface area (Å²) >= 11 is 0. The summed E-state index contributed by atoms with van der Waals surface area (Å²) in [6.07, 6.45) is 11.3. The van der Waals surface area contributed by atoms with Gasteiger partial charge >= 0.3 is 0 Å². The fraction of sp³-hybridized carbons (Fsp3) is 0.947. The van der Waals surface area contributed by atoms with E-state index >= 15 is 0 Å². The fourth-order valence-electron chi connectivity index (χ4n) is 5.73. The molecule has 0 aromatic carbocycles. The molecular weight excluding hydrogens is 288 g/mol. The highest BCUT2D eigenvalue weighted by Crippen LogP contribution is 2.59. The van der Waals surface area contributed by atoms with Crippen LogP contribution >= 0.6 is 0 Å². The maximum absolute atomic E-state index is 12.8. The summed E-state index contributed by atoms with van der Waals surface area (Å²) in [5, 5.41) is 6.88. The van der Waals surface area contributed by atoms with Gasteiger partial charge in [0.2, 0.25) is 5.91 Å². The van der Waals surface area contributed by atoms with Gasteiger partial charge in [-0.25, -0.2) is 0 Å². The van der Waals surface area contributed by atoms with Crippen LogP contribution in [0.15, 0.2) is 0 Å². The van der Waals surface area contributed by atoms with Crippen molar-refractivity contribution in [3.63, 3.8) is 0 Å². The number of hydrogen-bond donors (Lipinski definition) is 2. The second-order valence-corrected chi connectivity index (χ2v) is 8.40. The zero-order valence-electron chi connectivity index (χ0n) is 14.5. The molecule has 1 saturated heterocycles. The number of carbonyl (C=O) groups is 1. The van der Waals surface area contributed by atoms with Crippen LogP contribution in [0.1, 0.15) is 64.7 Å². The fourth-order valence-corrected chi connectivity index (χ4v) is 5.73. The van der Waals surface area contributed by atoms with E-state index in [2.05, 4.69) is 17.6 Å². The molecule has 0 radical (unpaired) electrons. The molecule has 4 heteroatoms. The largest absolute Gasteiger partial charge is 0.378 e. The Bertz CT molecular complexity index is 452. The average Bonchev–Trinajstić information content (AvgIpc) is 3.28. The third-order valence-corrected chi connectivity index (χ3v) is 7.36. The van der Waals surface area contributed by atoms with E-state index < -0.39 is 0 Å². The number of piperidine rings is 1. The summed E-state index contributed by atoms with van der Waals surface area (Å²) in [7, 11) is 0. The molecule has 1 heterocycles. The second kappa shape index (κ2) is 6.03. The van der Waals surface area contributed by atoms with Gasteiger partial charge in [-0.15, -0.1) is 0 Å². The lowest BCUT2D eigenvalue weighted by atomic mass is 9.55. The van der Waals surface area contributed by atoms with Gasteiger partial charge in [0, 0.05) is 24.0 Å². The first kappa shape index (κ1) is 15.9. The zero-order chi connectivity index (χ0) is 15.9. The molecule has 1 aliphatic heterocycles. The van der Waals surface area contributed by atoms with Gasteiger partial charge in [0.1, 0.15) is 0 Å². The Hall–Kier alpha value is -0.610. The molecule has 3 aliphatic carbocycles. The Morgan fingerprint density at radius 3 is 2.61 bits per heavy atom. The summed E-state index contributed by atoms with van der Waals surface area (Å²) < 4.78 is 6.01. The average molecular weight is 320 g/mol. The number of rotatable bonds is 4. The Morgan fingerprint density at radius 2 is 1.91 bits per heavy atom. The minimum atomic E-state index is 0.250. The van der Waals surface area contributed by atoms with E-state index in [1.54, 1.807) is 0 Å². The van der Waals surface area contributed by atoms with E-state index in [4.69, 9.17) is 4.74 Å². The van der Waals surface area contributed by atoms with Gasteiger partial charge in [0.25, 0.3) is 0 Å². The topological polar surface area (TPSA) is 50.4 Å². The number of carbonyl (C=O) groups excluding carboxylic acids is 1. The molecule has 0 aromatic heterocycles. The van der Waals surface area contributed by atoms with Crippen molar-refractivity contribution in [3.05, 3.63) is 0 Å². The molecule has 4 aliphatic rings. The first-order valence-corrected chi connectivity index (χ1v) is 9.83. The van der Waals surface area contributed by atoms with Gasteiger partial charge in [-0.05, 0) is 64.0 Å². The summed E-state index contributed by atoms with van der Waals surface area (Å²) in [6, 6.07) is 0.367. The van der Waals surface area contributed by atoms with Crippen LogP contribution in [0, 0.1) is 16.7 Å². The lowest BCUT2D eigenvalue weighted by molar-refractivity contribution is -0.157. The van der Waals surface area contributed by atoms with Gasteiger partial charge < -0.3 is 15.4 Å². The summed E-state index contributed by atoms with van der Waals surface area (Å²) in [4.78, 5) is 12.8. The van der Waals surface area contributed by atoms with Gasteiger partial charge in [-0.2, -0.15) is 0 Å². The molecule has 0 aromatic rings. The lowest BCUT2D eigenvalue weighted by Crippen LogP contribution is -2.65. The first-order chi connectivity index (χ1) is 11.2. The Labute approximate surface area is 140 Å². The molecule has 3 saturated carbocycles. The SMILES string of the molecule is CCOC1CC(NC(=O)C2CC23CCNCC3)C12CCCCC2. The molecule has 1 amide bonds. The van der Waals surface area contributed by atoms with E-state index in [-0.39, 0.29) is 11.3 Å². The highest BCUT2D eigenvalue weighted by atomic mass is 16.5. The van der Waals surface area contributed by atoms with Crippen molar-refractivity contribution in [2.75, 3.05) is 19.7 Å². The predicted molar refractivity (Wildman–Crippen MR) is 90.1 cm³/mol. The minimum absolute atomic E-state index is 0.250. The maximum atomic E-state index is 12.8. The van der Waals surface area contributed by atoms with Gasteiger partial charge in [0.15, 0.2) is 0 Å². The van der Waals surface area contributed by atoms with Gasteiger partial charge in [0.05, 0.1) is 6.10 Å². The Kier molecular flexibility index (Phi) is 4.17. The number of hydrogen-bond acceptors (Lipinski definition) is 3. The van der Waals surface area contributed by atoms with Crippen molar-refractivity contribution >= 4 is 5.91 Å². The van der Waals surface area contributed by atoms with Crippen LogP contribution in [-0.4, -0.2) is 37.7 Å². The third kappa shape index (κ3) is 2.62. The van der Waals surface area contributed by atoms with Crippen molar-refractivity contribution in [3.8, 4) is 0 Å². The lowest BCUT2D eigenvalue weighted by Gasteiger charge is -2.57. The molecule has 3 unspecified atom stereocenters. The van der Waals surface area contributed by atoms with Gasteiger partial charge in [-0.1, -0.05) is 19.3 Å². The molecule has 2 spiro atoms. The molecule has 0 bridgehead atoms. The van der Waals surface area contributed by atoms with Crippen molar-refractivity contribution < 1.29 is 9.53 Å². The smallest absolute Gasteiger partial charge is 0.223 e. The van der Waals surface area contributed by atoms with Crippen molar-refractivity contribution in [2.45, 2.75) is 76.9 Å². The molecule has 4 fully saturated rings. The molecular formula is C19H32N2O2. The molecule has 2 N–H and O–H groups in total. The molecule has 4 rings (SSSR count). The number of nitrogens with one attached hydrogen (secondary N) is 2. The summed E-state index contributed by atoms with van der Waals surface area (Å²) in [5.74, 6) is 0.633. The molecule has 4 nitrogen and oxygen atoms in total. The minimum Gasteiger partial charge on any atom is -0.378 e. The van der Waals surface area contributed by atoms with Crippen molar-refractivity contribution in [1.82, 2.24) is 10.6 Å². The molecule has 23 heavy (non-hydrogen) atoms. The van der Waals surface area contributed by atoms with E-state index in [0.29, 0.717) is 23.5 Å². The second-order valence-electron chi connectivity index (χ2n) is 8.40. The zero-order valence-corrected chi connectivity index (χ0v) is 14.5. The maximum Gasteiger partial charge on any atom is 0.223 e. The van der Waals surface area contributed by atoms with Crippen LogP contribution < -0.4 is 10.6 Å². The van der Waals surface area contributed by atoms with E-state index in [9.17, 15) is 4.79 Å². The Morgan fingerprint density at radius 1 is 1.17 bits per heavy atom. The van der Waals surface area contributed by atoms with E-state index in [1.165, 1.54) is 44.9 Å². The first-order valence-electron chi connectivity index (χ1n) is 9.83. The quantitative estimate of drug-likeness (QED) is 0.837. The van der Waals surface area contributed by atoms with Crippen LogP contribution in [0.25, 0.3) is 0 Å². The van der Waals surface area contributed by atoms with Crippen LogP contribution in [0.2, 0.25) is 0 Å². The van der Waals surface area contributed by atoms with Crippen LogP contribution in [-0.2, 0) is 9.53 Å². The standard InChI is InChI=1S/C19H32N2O2/c1-2-23-16-12-15(19(16)6-4-3-5-7-19)21-17(22)14-13-18(14)8-10-20-11-9-18/h14-16,20H,2-13H2,1H3,(H,21,22). The molecule has 130 valence electrons. The number of amides is 1. The van der Waals surface area contributed by atoms with Crippen LogP contribution in [0.4, 0.5) is 0 Å². The highest BCUT2D eigenvalue weighted by molar-refractivity contribution is 5.83. The third-order valence-electron chi connectivity index (χ3n) is 7.36. The summed E-state index contributed by atoms with van der Waals surface area (Å²) in [5.41, 5.74) is 0.595. The van der Waals surface area contributed by atoms with E-state index in [0.717, 1.165) is 32.5 Å². The van der Waals surface area contributed by atoms with E-state index in [1.807, 2.05) is 0 Å². The predicted octanol–water partition coefficient (Wildman–Crippen LogP) is 2.62. The van der Waals surface area contributed by atoms with Crippen LogP contribution in [0.5, 0.6) is 0 Å².